The van der Waals surface area contributed by atoms with E-state index in [0.29, 0.717) is 23.4 Å². The van der Waals surface area contributed by atoms with Crippen LogP contribution in [0.25, 0.3) is 0 Å². The predicted octanol–water partition coefficient (Wildman–Crippen LogP) is 3.20. The van der Waals surface area contributed by atoms with Gasteiger partial charge in [0, 0.05) is 31.6 Å². The Morgan fingerprint density at radius 2 is 1.70 bits per heavy atom. The highest BCUT2D eigenvalue weighted by Gasteiger charge is 2.47. The second-order valence-electron chi connectivity index (χ2n) is 7.79. The van der Waals surface area contributed by atoms with E-state index in [1.165, 1.54) is 17.5 Å². The molecule has 5 nitrogen and oxygen atoms in total. The van der Waals surface area contributed by atoms with Crippen molar-refractivity contribution in [2.45, 2.75) is 26.8 Å². The number of aryl methyl sites for hydroxylation is 3. The summed E-state index contributed by atoms with van der Waals surface area (Å²) in [4.78, 5) is 26.1. The summed E-state index contributed by atoms with van der Waals surface area (Å²) in [6.45, 7) is 8.63. The molecule has 144 valence electrons. The normalized spacial score (nSPS) is 24.6. The van der Waals surface area contributed by atoms with Gasteiger partial charge in [-0.05, 0) is 44.9 Å². The van der Waals surface area contributed by atoms with Gasteiger partial charge in [0.15, 0.2) is 0 Å². The highest BCUT2D eigenvalue weighted by atomic mass is 35.5. The molecule has 1 amide bonds. The summed E-state index contributed by atoms with van der Waals surface area (Å²) < 4.78 is 0. The summed E-state index contributed by atoms with van der Waals surface area (Å²) in [6, 6.07) is 9.02. The SMILES string of the molecule is Cc1ccccc1[C@H]1[C@@H]2CN(C(=O)c3c(C)ncnc3C)C[C@@H]2CN1C.Cl. The second-order valence-corrected chi connectivity index (χ2v) is 7.79. The fourth-order valence-electron chi connectivity index (χ4n) is 4.87. The van der Waals surface area contributed by atoms with Gasteiger partial charge in [-0.1, -0.05) is 24.3 Å². The van der Waals surface area contributed by atoms with E-state index in [4.69, 9.17) is 0 Å². The Bertz CT molecular complexity index is 836. The topological polar surface area (TPSA) is 49.3 Å². The number of halogens is 1. The summed E-state index contributed by atoms with van der Waals surface area (Å²) in [5.74, 6) is 1.09. The molecule has 2 aromatic rings. The molecule has 0 bridgehead atoms. The zero-order valence-electron chi connectivity index (χ0n) is 16.3. The minimum Gasteiger partial charge on any atom is -0.338 e. The van der Waals surface area contributed by atoms with Crippen LogP contribution < -0.4 is 0 Å². The van der Waals surface area contributed by atoms with Gasteiger partial charge in [0.25, 0.3) is 5.91 Å². The Kier molecular flexibility index (Phi) is 5.54. The molecule has 3 atom stereocenters. The number of fused-ring (bicyclic) bond motifs is 1. The van der Waals surface area contributed by atoms with Crippen LogP contribution in [0, 0.1) is 32.6 Å². The number of likely N-dealkylation sites (tertiary alicyclic amines) is 2. The second kappa shape index (κ2) is 7.56. The Balaban J connectivity index is 0.00000210. The van der Waals surface area contributed by atoms with E-state index in [0.717, 1.165) is 31.0 Å². The van der Waals surface area contributed by atoms with E-state index < -0.39 is 0 Å². The molecular formula is C21H27ClN4O. The summed E-state index contributed by atoms with van der Waals surface area (Å²) >= 11 is 0. The standard InChI is InChI=1S/C21H26N4O.ClH/c1-13-7-5-6-8-17(13)20-18-11-25(10-16(18)9-24(20)4)21(26)19-14(2)22-12-23-15(19)3;/h5-8,12,16,18,20H,9-11H2,1-4H3;1H/t16-,18+,20-;/m0./s1. The summed E-state index contributed by atoms with van der Waals surface area (Å²) in [5, 5.41) is 0. The largest absolute Gasteiger partial charge is 0.338 e. The van der Waals surface area contributed by atoms with Crippen molar-refractivity contribution in [3.05, 3.63) is 58.7 Å². The molecule has 3 heterocycles. The van der Waals surface area contributed by atoms with Crippen LogP contribution in [0.3, 0.4) is 0 Å². The first-order chi connectivity index (χ1) is 12.5. The van der Waals surface area contributed by atoms with Gasteiger partial charge in [-0.25, -0.2) is 9.97 Å². The third-order valence-corrected chi connectivity index (χ3v) is 6.13. The fraction of sp³-hybridized carbons (Fsp3) is 0.476. The first-order valence-corrected chi connectivity index (χ1v) is 9.30. The van der Waals surface area contributed by atoms with Crippen molar-refractivity contribution in [1.29, 1.82) is 0 Å². The van der Waals surface area contributed by atoms with Gasteiger partial charge < -0.3 is 4.90 Å². The average Bonchev–Trinajstić information content (AvgIpc) is 3.12. The van der Waals surface area contributed by atoms with Crippen LogP contribution in [0.2, 0.25) is 0 Å². The molecule has 2 aliphatic heterocycles. The highest BCUT2D eigenvalue weighted by Crippen LogP contribution is 2.45. The van der Waals surface area contributed by atoms with E-state index in [2.05, 4.69) is 53.1 Å². The lowest BCUT2D eigenvalue weighted by atomic mass is 9.88. The maximum Gasteiger partial charge on any atom is 0.257 e. The molecule has 0 unspecified atom stereocenters. The smallest absolute Gasteiger partial charge is 0.257 e. The molecule has 1 aromatic carbocycles. The maximum absolute atomic E-state index is 13.1. The number of carbonyl (C=O) groups is 1. The number of benzene rings is 1. The number of amides is 1. The number of hydrogen-bond acceptors (Lipinski definition) is 4. The molecule has 0 saturated carbocycles. The fourth-order valence-corrected chi connectivity index (χ4v) is 4.87. The third kappa shape index (κ3) is 3.34. The third-order valence-electron chi connectivity index (χ3n) is 6.13. The van der Waals surface area contributed by atoms with E-state index in [1.54, 1.807) is 0 Å². The predicted molar refractivity (Wildman–Crippen MR) is 108 cm³/mol. The molecule has 0 spiro atoms. The van der Waals surface area contributed by atoms with Crippen molar-refractivity contribution in [2.75, 3.05) is 26.7 Å². The zero-order chi connectivity index (χ0) is 18.4. The Morgan fingerprint density at radius 1 is 1.04 bits per heavy atom. The number of rotatable bonds is 2. The van der Waals surface area contributed by atoms with Gasteiger partial charge in [-0.15, -0.1) is 12.4 Å². The molecule has 0 N–H and O–H groups in total. The van der Waals surface area contributed by atoms with Crippen molar-refractivity contribution in [1.82, 2.24) is 19.8 Å². The lowest BCUT2D eigenvalue weighted by molar-refractivity contribution is 0.0765. The quantitative estimate of drug-likeness (QED) is 0.795. The van der Waals surface area contributed by atoms with E-state index in [1.807, 2.05) is 18.7 Å². The van der Waals surface area contributed by atoms with Crippen molar-refractivity contribution in [3.63, 3.8) is 0 Å². The molecule has 2 fully saturated rings. The Morgan fingerprint density at radius 3 is 2.37 bits per heavy atom. The molecule has 27 heavy (non-hydrogen) atoms. The van der Waals surface area contributed by atoms with E-state index >= 15 is 0 Å². The highest BCUT2D eigenvalue weighted by molar-refractivity contribution is 5.96. The summed E-state index contributed by atoms with van der Waals surface area (Å²) in [7, 11) is 2.21. The number of aromatic nitrogens is 2. The first-order valence-electron chi connectivity index (χ1n) is 9.30. The summed E-state index contributed by atoms with van der Waals surface area (Å²) in [5.41, 5.74) is 4.94. The van der Waals surface area contributed by atoms with Gasteiger partial charge in [0.1, 0.15) is 6.33 Å². The molecule has 0 aliphatic carbocycles. The van der Waals surface area contributed by atoms with Crippen molar-refractivity contribution in [3.8, 4) is 0 Å². The Labute approximate surface area is 167 Å². The average molecular weight is 387 g/mol. The van der Waals surface area contributed by atoms with E-state index in [-0.39, 0.29) is 18.3 Å². The lowest BCUT2D eigenvalue weighted by Crippen LogP contribution is -2.34. The first kappa shape index (κ1) is 19.8. The van der Waals surface area contributed by atoms with Crippen LogP contribution in [-0.4, -0.2) is 52.4 Å². The van der Waals surface area contributed by atoms with Crippen LogP contribution in [0.5, 0.6) is 0 Å². The van der Waals surface area contributed by atoms with E-state index in [9.17, 15) is 4.79 Å². The molecule has 0 radical (unpaired) electrons. The van der Waals surface area contributed by atoms with Crippen LogP contribution in [0.4, 0.5) is 0 Å². The Hall–Kier alpha value is -1.98. The molecule has 4 rings (SSSR count). The van der Waals surface area contributed by atoms with Gasteiger partial charge >= 0.3 is 0 Å². The van der Waals surface area contributed by atoms with Crippen LogP contribution in [0.15, 0.2) is 30.6 Å². The van der Waals surface area contributed by atoms with Crippen LogP contribution in [-0.2, 0) is 0 Å². The zero-order valence-corrected chi connectivity index (χ0v) is 17.2. The number of nitrogens with zero attached hydrogens (tertiary/aromatic N) is 4. The lowest BCUT2D eigenvalue weighted by Gasteiger charge is -2.28. The molecule has 2 aliphatic rings. The monoisotopic (exact) mass is 386 g/mol. The van der Waals surface area contributed by atoms with Gasteiger partial charge in [0.05, 0.1) is 17.0 Å². The van der Waals surface area contributed by atoms with Crippen molar-refractivity contribution >= 4 is 18.3 Å². The minimum absolute atomic E-state index is 0. The number of carbonyl (C=O) groups excluding carboxylic acids is 1. The maximum atomic E-state index is 13.1. The molecule has 2 saturated heterocycles. The summed E-state index contributed by atoms with van der Waals surface area (Å²) in [6.07, 6.45) is 1.53. The molecule has 1 aromatic heterocycles. The van der Waals surface area contributed by atoms with Crippen LogP contribution >= 0.6 is 12.4 Å². The van der Waals surface area contributed by atoms with Gasteiger partial charge in [-0.3, -0.25) is 9.69 Å². The molecular weight excluding hydrogens is 360 g/mol. The van der Waals surface area contributed by atoms with Crippen molar-refractivity contribution < 1.29 is 4.79 Å². The van der Waals surface area contributed by atoms with Crippen LogP contribution in [0.1, 0.15) is 38.9 Å². The van der Waals surface area contributed by atoms with Gasteiger partial charge in [0.2, 0.25) is 0 Å². The van der Waals surface area contributed by atoms with Gasteiger partial charge in [-0.2, -0.15) is 0 Å². The number of hydrogen-bond donors (Lipinski definition) is 0. The molecule has 6 heteroatoms. The minimum atomic E-state index is 0. The van der Waals surface area contributed by atoms with Crippen molar-refractivity contribution in [2.24, 2.45) is 11.8 Å².